The number of hydrogen-bond donors (Lipinski definition) is 0. The lowest BCUT2D eigenvalue weighted by Gasteiger charge is -2.17. The monoisotopic (exact) mass is 348 g/mol. The molecule has 8 heteroatoms. The van der Waals surface area contributed by atoms with Crippen LogP contribution in [0, 0.1) is 10.1 Å². The summed E-state index contributed by atoms with van der Waals surface area (Å²) in [7, 11) is 1.57. The van der Waals surface area contributed by atoms with Crippen molar-refractivity contribution in [3.05, 3.63) is 62.7 Å². The van der Waals surface area contributed by atoms with E-state index in [0.717, 1.165) is 5.56 Å². The first-order valence-corrected chi connectivity index (χ1v) is 7.41. The molecule has 1 heterocycles. The zero-order valence-electron chi connectivity index (χ0n) is 12.7. The van der Waals surface area contributed by atoms with Crippen LogP contribution in [0.25, 0.3) is 0 Å². The molecule has 0 atom stereocenters. The highest BCUT2D eigenvalue weighted by Crippen LogP contribution is 2.33. The molecular weight excluding hydrogens is 336 g/mol. The number of hydrogen-bond acceptors (Lipinski definition) is 5. The van der Waals surface area contributed by atoms with Gasteiger partial charge in [-0.1, -0.05) is 17.7 Å². The Balaban J connectivity index is 1.81. The quantitative estimate of drug-likeness (QED) is 0.625. The van der Waals surface area contributed by atoms with E-state index >= 15 is 0 Å². The van der Waals surface area contributed by atoms with Gasteiger partial charge in [0.1, 0.15) is 5.56 Å². The van der Waals surface area contributed by atoms with Crippen molar-refractivity contribution in [3.63, 3.8) is 0 Å². The Bertz CT molecular complexity index is 824. The van der Waals surface area contributed by atoms with E-state index in [-0.39, 0.29) is 29.6 Å². The van der Waals surface area contributed by atoms with Gasteiger partial charge >= 0.3 is 0 Å². The van der Waals surface area contributed by atoms with Gasteiger partial charge in [0.15, 0.2) is 11.5 Å². The summed E-state index contributed by atoms with van der Waals surface area (Å²) in [4.78, 5) is 24.5. The molecule has 0 fully saturated rings. The number of nitro groups is 1. The van der Waals surface area contributed by atoms with Crippen LogP contribution in [0.5, 0.6) is 11.5 Å². The molecule has 0 radical (unpaired) electrons. The van der Waals surface area contributed by atoms with Crippen molar-refractivity contribution in [2.24, 2.45) is 0 Å². The minimum Gasteiger partial charge on any atom is -0.454 e. The fourth-order valence-corrected chi connectivity index (χ4v) is 2.59. The van der Waals surface area contributed by atoms with Crippen molar-refractivity contribution >= 4 is 23.2 Å². The molecule has 7 nitrogen and oxygen atoms in total. The molecule has 1 amide bonds. The molecule has 0 aliphatic carbocycles. The van der Waals surface area contributed by atoms with E-state index in [0.29, 0.717) is 11.5 Å². The van der Waals surface area contributed by atoms with Gasteiger partial charge in [0.05, 0.1) is 4.92 Å². The van der Waals surface area contributed by atoms with Gasteiger partial charge in [0, 0.05) is 24.7 Å². The van der Waals surface area contributed by atoms with Crippen LogP contribution in [0.2, 0.25) is 5.02 Å². The lowest BCUT2D eigenvalue weighted by atomic mass is 10.1. The average molecular weight is 349 g/mol. The van der Waals surface area contributed by atoms with E-state index in [2.05, 4.69) is 0 Å². The molecule has 124 valence electrons. The number of amides is 1. The molecule has 1 aliphatic rings. The lowest BCUT2D eigenvalue weighted by Crippen LogP contribution is -2.26. The summed E-state index contributed by atoms with van der Waals surface area (Å²) in [6.07, 6.45) is 0. The average Bonchev–Trinajstić information content (AvgIpc) is 3.01. The Morgan fingerprint density at radius 3 is 2.75 bits per heavy atom. The lowest BCUT2D eigenvalue weighted by molar-refractivity contribution is -0.385. The molecule has 2 aromatic carbocycles. The Morgan fingerprint density at radius 2 is 2.00 bits per heavy atom. The molecule has 0 unspecified atom stereocenters. The first-order valence-electron chi connectivity index (χ1n) is 7.03. The number of fused-ring (bicyclic) bond motifs is 1. The predicted octanol–water partition coefficient (Wildman–Crippen LogP) is 3.25. The van der Waals surface area contributed by atoms with Gasteiger partial charge in [-0.25, -0.2) is 0 Å². The van der Waals surface area contributed by atoms with Crippen LogP contribution in [0.15, 0.2) is 36.4 Å². The predicted molar refractivity (Wildman–Crippen MR) is 86.5 cm³/mol. The van der Waals surface area contributed by atoms with E-state index in [1.54, 1.807) is 19.2 Å². The van der Waals surface area contributed by atoms with E-state index in [1.165, 1.54) is 23.1 Å². The maximum absolute atomic E-state index is 12.5. The van der Waals surface area contributed by atoms with Crippen molar-refractivity contribution in [3.8, 4) is 11.5 Å². The molecular formula is C16H13ClN2O5. The third-order valence-corrected chi connectivity index (χ3v) is 3.83. The summed E-state index contributed by atoms with van der Waals surface area (Å²) in [5, 5.41) is 11.3. The molecule has 0 N–H and O–H groups in total. The third-order valence-electron chi connectivity index (χ3n) is 3.59. The SMILES string of the molecule is CN(Cc1ccc2c(c1)OCO2)C(=O)c1ccc(Cl)cc1[N+](=O)[O-]. The normalized spacial score (nSPS) is 12.1. The van der Waals surface area contributed by atoms with Gasteiger partial charge in [-0.3, -0.25) is 14.9 Å². The fraction of sp³-hybridized carbons (Fsp3) is 0.188. The van der Waals surface area contributed by atoms with E-state index in [4.69, 9.17) is 21.1 Å². The van der Waals surface area contributed by atoms with Crippen molar-refractivity contribution in [2.45, 2.75) is 6.54 Å². The van der Waals surface area contributed by atoms with Crippen molar-refractivity contribution in [1.82, 2.24) is 4.90 Å². The minimum atomic E-state index is -0.618. The first-order chi connectivity index (χ1) is 11.5. The Hall–Kier alpha value is -2.80. The highest BCUT2D eigenvalue weighted by Gasteiger charge is 2.24. The van der Waals surface area contributed by atoms with Crippen LogP contribution in [0.4, 0.5) is 5.69 Å². The van der Waals surface area contributed by atoms with Gasteiger partial charge < -0.3 is 14.4 Å². The standard InChI is InChI=1S/C16H13ClN2O5/c1-18(8-10-2-5-14-15(6-10)24-9-23-14)16(20)12-4-3-11(17)7-13(12)19(21)22/h2-7H,8-9H2,1H3. The van der Waals surface area contributed by atoms with E-state index < -0.39 is 10.8 Å². The van der Waals surface area contributed by atoms with Crippen LogP contribution in [-0.4, -0.2) is 29.6 Å². The summed E-state index contributed by atoms with van der Waals surface area (Å²) in [5.41, 5.74) is 0.504. The molecule has 3 rings (SSSR count). The topological polar surface area (TPSA) is 81.9 Å². The van der Waals surface area contributed by atoms with Gasteiger partial charge in [0.25, 0.3) is 11.6 Å². The van der Waals surface area contributed by atoms with Gasteiger partial charge in [-0.05, 0) is 29.8 Å². The van der Waals surface area contributed by atoms with E-state index in [1.807, 2.05) is 6.07 Å². The van der Waals surface area contributed by atoms with Crippen LogP contribution in [0.1, 0.15) is 15.9 Å². The second-order valence-electron chi connectivity index (χ2n) is 5.27. The van der Waals surface area contributed by atoms with Gasteiger partial charge in [-0.15, -0.1) is 0 Å². The van der Waals surface area contributed by atoms with Crippen LogP contribution in [0.3, 0.4) is 0 Å². The smallest absolute Gasteiger partial charge is 0.283 e. The van der Waals surface area contributed by atoms with Crippen LogP contribution < -0.4 is 9.47 Å². The maximum Gasteiger partial charge on any atom is 0.283 e. The maximum atomic E-state index is 12.5. The van der Waals surface area contributed by atoms with Crippen molar-refractivity contribution < 1.29 is 19.2 Å². The third kappa shape index (κ3) is 3.11. The van der Waals surface area contributed by atoms with Gasteiger partial charge in [-0.2, -0.15) is 0 Å². The molecule has 0 aromatic heterocycles. The molecule has 1 aliphatic heterocycles. The Kier molecular flexibility index (Phi) is 4.26. The summed E-state index contributed by atoms with van der Waals surface area (Å²) >= 11 is 5.77. The second kappa shape index (κ2) is 6.37. The number of nitro benzene ring substituents is 1. The number of ether oxygens (including phenoxy) is 2. The van der Waals surface area contributed by atoms with E-state index in [9.17, 15) is 14.9 Å². The number of carbonyl (C=O) groups is 1. The minimum absolute atomic E-state index is 0.00681. The summed E-state index contributed by atoms with van der Waals surface area (Å²) in [5.74, 6) is 0.808. The van der Waals surface area contributed by atoms with Crippen molar-refractivity contribution in [1.29, 1.82) is 0 Å². The fourth-order valence-electron chi connectivity index (χ4n) is 2.43. The number of carbonyl (C=O) groups excluding carboxylic acids is 1. The summed E-state index contributed by atoms with van der Waals surface area (Å²) in [6, 6.07) is 9.34. The molecule has 0 spiro atoms. The number of nitrogens with zero attached hydrogens (tertiary/aromatic N) is 2. The number of rotatable bonds is 4. The molecule has 0 saturated carbocycles. The molecule has 0 saturated heterocycles. The summed E-state index contributed by atoms with van der Waals surface area (Å²) in [6.45, 7) is 0.444. The number of halogens is 1. The molecule has 0 bridgehead atoms. The highest BCUT2D eigenvalue weighted by atomic mass is 35.5. The van der Waals surface area contributed by atoms with Crippen LogP contribution >= 0.6 is 11.6 Å². The van der Waals surface area contributed by atoms with Crippen LogP contribution in [-0.2, 0) is 6.54 Å². The molecule has 24 heavy (non-hydrogen) atoms. The Morgan fingerprint density at radius 1 is 1.25 bits per heavy atom. The summed E-state index contributed by atoms with van der Waals surface area (Å²) < 4.78 is 10.5. The first kappa shape index (κ1) is 16.1. The van der Waals surface area contributed by atoms with Crippen molar-refractivity contribution in [2.75, 3.05) is 13.8 Å². The zero-order chi connectivity index (χ0) is 17.3. The largest absolute Gasteiger partial charge is 0.454 e. The number of benzene rings is 2. The molecule has 2 aromatic rings. The second-order valence-corrected chi connectivity index (χ2v) is 5.70. The Labute approximate surface area is 142 Å². The zero-order valence-corrected chi connectivity index (χ0v) is 13.4. The van der Waals surface area contributed by atoms with Gasteiger partial charge in [0.2, 0.25) is 6.79 Å². The highest BCUT2D eigenvalue weighted by molar-refractivity contribution is 6.31.